The van der Waals surface area contributed by atoms with E-state index in [4.69, 9.17) is 11.6 Å². The van der Waals surface area contributed by atoms with E-state index in [9.17, 15) is 8.42 Å². The van der Waals surface area contributed by atoms with E-state index in [1.807, 2.05) is 6.26 Å². The lowest BCUT2D eigenvalue weighted by Crippen LogP contribution is -2.29. The van der Waals surface area contributed by atoms with Crippen molar-refractivity contribution in [3.63, 3.8) is 0 Å². The third-order valence-electron chi connectivity index (χ3n) is 2.14. The largest absolute Gasteiger partial charge is 0.244 e. The van der Waals surface area contributed by atoms with E-state index in [0.29, 0.717) is 21.1 Å². The molecule has 0 atom stereocenters. The molecule has 1 heterocycles. The van der Waals surface area contributed by atoms with Gasteiger partial charge in [-0.1, -0.05) is 0 Å². The molecule has 0 saturated heterocycles. The number of alkyl halides is 1. The van der Waals surface area contributed by atoms with Crippen LogP contribution in [0.15, 0.2) is 14.7 Å². The van der Waals surface area contributed by atoms with Crippen LogP contribution in [-0.4, -0.2) is 38.3 Å². The van der Waals surface area contributed by atoms with E-state index in [0.717, 1.165) is 10.6 Å². The lowest BCUT2D eigenvalue weighted by Gasteiger charge is -2.15. The van der Waals surface area contributed by atoms with E-state index < -0.39 is 10.0 Å². The predicted octanol–water partition coefficient (Wildman–Crippen LogP) is 3.23. The van der Waals surface area contributed by atoms with Gasteiger partial charge in [-0.05, 0) is 28.3 Å². The Balaban J connectivity index is 2.99. The summed E-state index contributed by atoms with van der Waals surface area (Å²) in [5.74, 6) is 1.10. The third-order valence-corrected chi connectivity index (χ3v) is 7.28. The molecule has 1 aromatic heterocycles. The molecule has 3 nitrogen and oxygen atoms in total. The van der Waals surface area contributed by atoms with Gasteiger partial charge in [-0.25, -0.2) is 12.7 Å². The summed E-state index contributed by atoms with van der Waals surface area (Å²) >= 11 is 12.0. The van der Waals surface area contributed by atoms with Gasteiger partial charge in [0.2, 0.25) is 10.0 Å². The number of halogens is 2. The summed E-state index contributed by atoms with van der Waals surface area (Å²) in [6, 6.07) is 1.63. The monoisotopic (exact) mass is 377 g/mol. The summed E-state index contributed by atoms with van der Waals surface area (Å²) in [4.78, 5) is 1.15. The van der Waals surface area contributed by atoms with Crippen molar-refractivity contribution in [1.82, 2.24) is 4.31 Å². The minimum atomic E-state index is -3.41. The molecule has 1 aromatic rings. The fraction of sp³-hybridized carbons (Fsp3) is 0.556. The van der Waals surface area contributed by atoms with Crippen LogP contribution >= 0.6 is 50.6 Å². The van der Waals surface area contributed by atoms with E-state index in [-0.39, 0.29) is 0 Å². The fourth-order valence-corrected chi connectivity index (χ4v) is 5.61. The summed E-state index contributed by atoms with van der Waals surface area (Å²) in [6.07, 6.45) is 1.95. The highest BCUT2D eigenvalue weighted by molar-refractivity contribution is 9.11. The number of hydrogen-bond donors (Lipinski definition) is 0. The molecule has 0 spiro atoms. The maximum atomic E-state index is 12.2. The maximum absolute atomic E-state index is 12.2. The molecule has 0 aliphatic heterocycles. The van der Waals surface area contributed by atoms with Gasteiger partial charge in [0, 0.05) is 24.2 Å². The first kappa shape index (κ1) is 15.8. The van der Waals surface area contributed by atoms with Crippen molar-refractivity contribution >= 4 is 60.7 Å². The topological polar surface area (TPSA) is 37.4 Å². The highest BCUT2D eigenvalue weighted by atomic mass is 79.9. The summed E-state index contributed by atoms with van der Waals surface area (Å²) in [7, 11) is -1.81. The Labute approximate surface area is 124 Å². The molecule has 0 amide bonds. The van der Waals surface area contributed by atoms with E-state index in [1.165, 1.54) is 15.6 Å². The molecule has 0 unspecified atom stereocenters. The van der Waals surface area contributed by atoms with Crippen molar-refractivity contribution in [3.8, 4) is 0 Å². The first-order valence-corrected chi connectivity index (χ1v) is 9.70. The van der Waals surface area contributed by atoms with Crippen LogP contribution in [0.1, 0.15) is 4.88 Å². The fourth-order valence-electron chi connectivity index (χ4n) is 1.15. The van der Waals surface area contributed by atoms with Gasteiger partial charge in [-0.2, -0.15) is 11.8 Å². The van der Waals surface area contributed by atoms with Crippen LogP contribution in [0, 0.1) is 0 Å². The molecule has 0 aliphatic rings. The van der Waals surface area contributed by atoms with Gasteiger partial charge >= 0.3 is 0 Å². The standard InChI is InChI=1S/C9H13BrClNO2S3/c1-12(3-4-15-2)17(13,14)8-5-7(6-11)16-9(8)10/h5H,3-4,6H2,1-2H3. The third kappa shape index (κ3) is 3.84. The molecule has 0 N–H and O–H groups in total. The zero-order valence-corrected chi connectivity index (χ0v) is 14.2. The molecule has 98 valence electrons. The van der Waals surface area contributed by atoms with Gasteiger partial charge in [0.25, 0.3) is 0 Å². The number of thioether (sulfide) groups is 1. The average Bonchev–Trinajstić information content (AvgIpc) is 2.67. The lowest BCUT2D eigenvalue weighted by molar-refractivity contribution is 0.488. The van der Waals surface area contributed by atoms with Crippen molar-refractivity contribution in [2.24, 2.45) is 0 Å². The summed E-state index contributed by atoms with van der Waals surface area (Å²) in [6.45, 7) is 0.502. The second-order valence-corrected chi connectivity index (χ2v) is 9.02. The second-order valence-electron chi connectivity index (χ2n) is 3.30. The quantitative estimate of drug-likeness (QED) is 0.713. The molecule has 17 heavy (non-hydrogen) atoms. The summed E-state index contributed by atoms with van der Waals surface area (Å²) in [5, 5.41) is 0. The smallest absolute Gasteiger partial charge is 0.207 e. The minimum Gasteiger partial charge on any atom is -0.207 e. The summed E-state index contributed by atoms with van der Waals surface area (Å²) in [5.41, 5.74) is 0. The minimum absolute atomic E-state index is 0.307. The van der Waals surface area contributed by atoms with Gasteiger partial charge < -0.3 is 0 Å². The number of rotatable bonds is 6. The van der Waals surface area contributed by atoms with Gasteiger partial charge in [0.1, 0.15) is 4.90 Å². The molecular weight excluding hydrogens is 366 g/mol. The van der Waals surface area contributed by atoms with Gasteiger partial charge in [0.05, 0.1) is 9.67 Å². The summed E-state index contributed by atoms with van der Waals surface area (Å²) < 4.78 is 26.5. The molecule has 0 bridgehead atoms. The Hall–Kier alpha value is 0.730. The van der Waals surface area contributed by atoms with E-state index >= 15 is 0 Å². The Morgan fingerprint density at radius 3 is 2.71 bits per heavy atom. The van der Waals surface area contributed by atoms with E-state index in [1.54, 1.807) is 24.9 Å². The first-order chi connectivity index (χ1) is 7.93. The number of sulfonamides is 1. The molecule has 0 saturated carbocycles. The van der Waals surface area contributed by atoms with Gasteiger partial charge in [-0.3, -0.25) is 0 Å². The van der Waals surface area contributed by atoms with Gasteiger partial charge in [0.15, 0.2) is 0 Å². The maximum Gasteiger partial charge on any atom is 0.244 e. The number of thiophene rings is 1. The van der Waals surface area contributed by atoms with Crippen LogP contribution in [0.4, 0.5) is 0 Å². The van der Waals surface area contributed by atoms with Crippen molar-refractivity contribution in [3.05, 3.63) is 14.7 Å². The van der Waals surface area contributed by atoms with Gasteiger partial charge in [-0.15, -0.1) is 22.9 Å². The van der Waals surface area contributed by atoms with Crippen LogP contribution in [-0.2, 0) is 15.9 Å². The first-order valence-electron chi connectivity index (χ1n) is 4.73. The van der Waals surface area contributed by atoms with Crippen molar-refractivity contribution in [1.29, 1.82) is 0 Å². The molecule has 8 heteroatoms. The Morgan fingerprint density at radius 1 is 1.59 bits per heavy atom. The highest BCUT2D eigenvalue weighted by Gasteiger charge is 2.25. The molecule has 0 fully saturated rings. The SMILES string of the molecule is CSCCN(C)S(=O)(=O)c1cc(CCl)sc1Br. The highest BCUT2D eigenvalue weighted by Crippen LogP contribution is 2.33. The van der Waals surface area contributed by atoms with Crippen molar-refractivity contribution in [2.45, 2.75) is 10.8 Å². The van der Waals surface area contributed by atoms with Crippen molar-refractivity contribution in [2.75, 3.05) is 25.6 Å². The molecular formula is C9H13BrClNO2S3. The normalized spacial score (nSPS) is 12.3. The Morgan fingerprint density at radius 2 is 2.24 bits per heavy atom. The van der Waals surface area contributed by atoms with Crippen LogP contribution < -0.4 is 0 Å². The predicted molar refractivity (Wildman–Crippen MR) is 79.8 cm³/mol. The van der Waals surface area contributed by atoms with Crippen LogP contribution in [0.25, 0.3) is 0 Å². The average molecular weight is 379 g/mol. The molecule has 0 aromatic carbocycles. The number of nitrogens with zero attached hydrogens (tertiary/aromatic N) is 1. The molecule has 1 rings (SSSR count). The zero-order valence-electron chi connectivity index (χ0n) is 9.44. The van der Waals surface area contributed by atoms with E-state index in [2.05, 4.69) is 15.9 Å². The van der Waals surface area contributed by atoms with Crippen LogP contribution in [0.3, 0.4) is 0 Å². The van der Waals surface area contributed by atoms with Crippen molar-refractivity contribution < 1.29 is 8.42 Å². The lowest BCUT2D eigenvalue weighted by atomic mass is 10.5. The Kier molecular flexibility index (Phi) is 6.29. The molecule has 0 aliphatic carbocycles. The second kappa shape index (κ2) is 6.77. The Bertz CT molecular complexity index is 475. The van der Waals surface area contributed by atoms with Crippen LogP contribution in [0.5, 0.6) is 0 Å². The zero-order chi connectivity index (χ0) is 13.1. The number of hydrogen-bond acceptors (Lipinski definition) is 4. The molecule has 0 radical (unpaired) electrons. The van der Waals surface area contributed by atoms with Crippen LogP contribution in [0.2, 0.25) is 0 Å².